The molecule has 0 radical (unpaired) electrons. The highest BCUT2D eigenvalue weighted by Crippen LogP contribution is 2.12. The van der Waals surface area contributed by atoms with Gasteiger partial charge < -0.3 is 21.1 Å². The van der Waals surface area contributed by atoms with Crippen LogP contribution in [0.3, 0.4) is 0 Å². The number of anilines is 1. The van der Waals surface area contributed by atoms with Crippen molar-refractivity contribution in [2.24, 2.45) is 5.73 Å². The molecule has 7 heteroatoms. The summed E-state index contributed by atoms with van der Waals surface area (Å²) < 4.78 is 0. The SMILES string of the molecule is NC(=S)N(CC(=O)NCC(=O)O)c1ccccc1. The van der Waals surface area contributed by atoms with Crippen LogP contribution in [-0.4, -0.2) is 35.2 Å². The summed E-state index contributed by atoms with van der Waals surface area (Å²) in [6, 6.07) is 8.91. The highest BCUT2D eigenvalue weighted by molar-refractivity contribution is 7.80. The van der Waals surface area contributed by atoms with Crippen molar-refractivity contribution in [3.05, 3.63) is 30.3 Å². The molecule has 1 aromatic carbocycles. The lowest BCUT2D eigenvalue weighted by atomic mass is 10.3. The van der Waals surface area contributed by atoms with Gasteiger partial charge in [-0.3, -0.25) is 9.59 Å². The second kappa shape index (κ2) is 6.55. The molecule has 0 saturated heterocycles. The van der Waals surface area contributed by atoms with Gasteiger partial charge in [0, 0.05) is 5.69 Å². The molecule has 0 aliphatic heterocycles. The number of amides is 1. The van der Waals surface area contributed by atoms with Crippen molar-refractivity contribution in [2.75, 3.05) is 18.0 Å². The average molecular weight is 267 g/mol. The number of carboxylic acid groups (broad SMARTS) is 1. The van der Waals surface area contributed by atoms with E-state index in [0.717, 1.165) is 0 Å². The molecule has 1 rings (SSSR count). The zero-order chi connectivity index (χ0) is 13.5. The molecular weight excluding hydrogens is 254 g/mol. The van der Waals surface area contributed by atoms with Gasteiger partial charge in [-0.05, 0) is 24.4 Å². The van der Waals surface area contributed by atoms with Crippen molar-refractivity contribution in [3.8, 4) is 0 Å². The number of nitrogens with two attached hydrogens (primary N) is 1. The number of benzene rings is 1. The third-order valence-corrected chi connectivity index (χ3v) is 2.29. The molecule has 0 aliphatic rings. The van der Waals surface area contributed by atoms with E-state index in [1.165, 1.54) is 4.90 Å². The van der Waals surface area contributed by atoms with Gasteiger partial charge in [0.1, 0.15) is 13.1 Å². The molecule has 1 aromatic rings. The minimum absolute atomic E-state index is 0.0478. The number of rotatable bonds is 5. The van der Waals surface area contributed by atoms with Crippen LogP contribution in [0.2, 0.25) is 0 Å². The number of para-hydroxylation sites is 1. The van der Waals surface area contributed by atoms with E-state index in [4.69, 9.17) is 23.1 Å². The Hall–Kier alpha value is -2.15. The quantitative estimate of drug-likeness (QED) is 0.647. The van der Waals surface area contributed by atoms with Crippen LogP contribution < -0.4 is 16.0 Å². The first kappa shape index (κ1) is 13.9. The molecule has 96 valence electrons. The van der Waals surface area contributed by atoms with Crippen LogP contribution in [0.4, 0.5) is 5.69 Å². The van der Waals surface area contributed by atoms with Crippen molar-refractivity contribution < 1.29 is 14.7 Å². The smallest absolute Gasteiger partial charge is 0.322 e. The lowest BCUT2D eigenvalue weighted by molar-refractivity contribution is -0.137. The van der Waals surface area contributed by atoms with Crippen molar-refractivity contribution in [2.45, 2.75) is 0 Å². The molecule has 0 spiro atoms. The fourth-order valence-electron chi connectivity index (χ4n) is 1.28. The van der Waals surface area contributed by atoms with Gasteiger partial charge in [0.05, 0.1) is 0 Å². The maximum Gasteiger partial charge on any atom is 0.322 e. The Morgan fingerprint density at radius 3 is 2.44 bits per heavy atom. The number of thiocarbonyl (C=S) groups is 1. The summed E-state index contributed by atoms with van der Waals surface area (Å²) >= 11 is 4.86. The summed E-state index contributed by atoms with van der Waals surface area (Å²) in [7, 11) is 0. The van der Waals surface area contributed by atoms with Gasteiger partial charge in [0.15, 0.2) is 5.11 Å². The van der Waals surface area contributed by atoms with Gasteiger partial charge in [0.2, 0.25) is 5.91 Å². The van der Waals surface area contributed by atoms with E-state index < -0.39 is 18.4 Å². The Labute approximate surface area is 109 Å². The highest BCUT2D eigenvalue weighted by Gasteiger charge is 2.14. The monoisotopic (exact) mass is 267 g/mol. The van der Waals surface area contributed by atoms with Gasteiger partial charge in [-0.25, -0.2) is 0 Å². The molecule has 1 amide bonds. The van der Waals surface area contributed by atoms with Gasteiger partial charge in [-0.15, -0.1) is 0 Å². The number of nitrogens with one attached hydrogen (secondary N) is 1. The summed E-state index contributed by atoms with van der Waals surface area (Å²) in [5, 5.41) is 10.7. The molecule has 0 fully saturated rings. The van der Waals surface area contributed by atoms with Crippen molar-refractivity contribution in [3.63, 3.8) is 0 Å². The Balaban J connectivity index is 2.67. The van der Waals surface area contributed by atoms with Gasteiger partial charge in [-0.2, -0.15) is 0 Å². The van der Waals surface area contributed by atoms with E-state index in [2.05, 4.69) is 5.32 Å². The molecule has 0 bridgehead atoms. The number of hydrogen-bond acceptors (Lipinski definition) is 3. The molecule has 0 aromatic heterocycles. The topological polar surface area (TPSA) is 95.7 Å². The molecular formula is C11H13N3O3S. The number of hydrogen-bond donors (Lipinski definition) is 3. The standard InChI is InChI=1S/C11H13N3O3S/c12-11(18)14(8-4-2-1-3-5-8)7-9(15)13-6-10(16)17/h1-5H,6-7H2,(H2,12,18)(H,13,15)(H,16,17). The molecule has 4 N–H and O–H groups in total. The second-order valence-corrected chi connectivity index (χ2v) is 3.85. The molecule has 0 heterocycles. The van der Waals surface area contributed by atoms with Crippen molar-refractivity contribution in [1.29, 1.82) is 0 Å². The van der Waals surface area contributed by atoms with Crippen molar-refractivity contribution in [1.82, 2.24) is 5.32 Å². The Morgan fingerprint density at radius 2 is 1.94 bits per heavy atom. The van der Waals surface area contributed by atoms with Crippen LogP contribution in [-0.2, 0) is 9.59 Å². The first-order valence-electron chi connectivity index (χ1n) is 5.11. The van der Waals surface area contributed by atoms with Gasteiger partial charge in [-0.1, -0.05) is 18.2 Å². The third-order valence-electron chi connectivity index (χ3n) is 2.07. The zero-order valence-electron chi connectivity index (χ0n) is 9.50. The summed E-state index contributed by atoms with van der Waals surface area (Å²) in [4.78, 5) is 23.2. The fraction of sp³-hybridized carbons (Fsp3) is 0.182. The third kappa shape index (κ3) is 4.38. The molecule has 0 unspecified atom stereocenters. The molecule has 0 atom stereocenters. The fourth-order valence-corrected chi connectivity index (χ4v) is 1.45. The van der Waals surface area contributed by atoms with E-state index in [9.17, 15) is 9.59 Å². The minimum atomic E-state index is -1.11. The number of nitrogens with zero attached hydrogens (tertiary/aromatic N) is 1. The van der Waals surface area contributed by atoms with Crippen LogP contribution in [0, 0.1) is 0 Å². The summed E-state index contributed by atoms with van der Waals surface area (Å²) in [6.07, 6.45) is 0. The van der Waals surface area contributed by atoms with Crippen molar-refractivity contribution >= 4 is 34.9 Å². The lowest BCUT2D eigenvalue weighted by Crippen LogP contribution is -2.44. The van der Waals surface area contributed by atoms with E-state index >= 15 is 0 Å². The molecule has 18 heavy (non-hydrogen) atoms. The molecule has 0 aliphatic carbocycles. The largest absolute Gasteiger partial charge is 0.480 e. The summed E-state index contributed by atoms with van der Waals surface area (Å²) in [5.41, 5.74) is 6.21. The van der Waals surface area contributed by atoms with E-state index in [0.29, 0.717) is 5.69 Å². The molecule has 6 nitrogen and oxygen atoms in total. The van der Waals surface area contributed by atoms with Crippen LogP contribution >= 0.6 is 12.2 Å². The predicted molar refractivity (Wildman–Crippen MR) is 71.2 cm³/mol. The Kier molecular flexibility index (Phi) is 5.06. The highest BCUT2D eigenvalue weighted by atomic mass is 32.1. The number of carbonyl (C=O) groups excluding carboxylic acids is 1. The Bertz CT molecular complexity index is 450. The number of carboxylic acids is 1. The molecule has 0 saturated carbocycles. The lowest BCUT2D eigenvalue weighted by Gasteiger charge is -2.21. The van der Waals surface area contributed by atoms with E-state index in [1.54, 1.807) is 24.3 Å². The Morgan fingerprint density at radius 1 is 1.33 bits per heavy atom. The average Bonchev–Trinajstić information content (AvgIpc) is 2.34. The van der Waals surface area contributed by atoms with E-state index in [-0.39, 0.29) is 11.7 Å². The number of aliphatic carboxylic acids is 1. The minimum Gasteiger partial charge on any atom is -0.480 e. The number of carbonyl (C=O) groups is 2. The maximum atomic E-state index is 11.5. The normalized spacial score (nSPS) is 9.56. The van der Waals surface area contributed by atoms with Crippen LogP contribution in [0.15, 0.2) is 30.3 Å². The zero-order valence-corrected chi connectivity index (χ0v) is 10.3. The first-order valence-corrected chi connectivity index (χ1v) is 5.52. The van der Waals surface area contributed by atoms with E-state index in [1.807, 2.05) is 6.07 Å². The van der Waals surface area contributed by atoms with Gasteiger partial charge in [0.25, 0.3) is 0 Å². The van der Waals surface area contributed by atoms with Crippen LogP contribution in [0.1, 0.15) is 0 Å². The summed E-state index contributed by atoms with van der Waals surface area (Å²) in [5.74, 6) is -1.57. The van der Waals surface area contributed by atoms with Crippen LogP contribution in [0.5, 0.6) is 0 Å². The predicted octanol–water partition coefficient (Wildman–Crippen LogP) is -0.0626. The summed E-state index contributed by atoms with van der Waals surface area (Å²) in [6.45, 7) is -0.550. The first-order chi connectivity index (χ1) is 8.50. The maximum absolute atomic E-state index is 11.5. The van der Waals surface area contributed by atoms with Crippen LogP contribution in [0.25, 0.3) is 0 Å². The second-order valence-electron chi connectivity index (χ2n) is 3.43. The van der Waals surface area contributed by atoms with Gasteiger partial charge >= 0.3 is 5.97 Å².